The molecule has 15 heavy (non-hydrogen) atoms. The molecule has 1 fully saturated rings. The van der Waals surface area contributed by atoms with E-state index in [1.807, 2.05) is 0 Å². The molecule has 0 aromatic carbocycles. The second-order valence-corrected chi connectivity index (χ2v) is 3.95. The Hall–Kier alpha value is -0.940. The van der Waals surface area contributed by atoms with Gasteiger partial charge in [0.2, 0.25) is 0 Å². The van der Waals surface area contributed by atoms with Gasteiger partial charge in [0.1, 0.15) is 11.9 Å². The number of aryl methyl sites for hydroxylation is 1. The highest BCUT2D eigenvalue weighted by atomic mass is 16.5. The Morgan fingerprint density at radius 2 is 2.40 bits per heavy atom. The number of hydrogen-bond donors (Lipinski definition) is 2. The molecule has 1 aliphatic rings. The first-order valence-corrected chi connectivity index (χ1v) is 5.60. The highest BCUT2D eigenvalue weighted by Crippen LogP contribution is 2.30. The third kappa shape index (κ3) is 2.35. The molecular formula is C10H18N4O. The number of nitrogens with zero attached hydrogens (tertiary/aromatic N) is 2. The van der Waals surface area contributed by atoms with E-state index in [1.54, 1.807) is 0 Å². The lowest BCUT2D eigenvalue weighted by Crippen LogP contribution is -2.19. The molecular weight excluding hydrogens is 192 g/mol. The molecule has 2 heterocycles. The number of H-pyrrole nitrogens is 1. The Kier molecular flexibility index (Phi) is 3.33. The van der Waals surface area contributed by atoms with Gasteiger partial charge in [-0.25, -0.2) is 4.98 Å². The minimum absolute atomic E-state index is 0.0420. The van der Waals surface area contributed by atoms with Crippen LogP contribution in [0.25, 0.3) is 0 Å². The van der Waals surface area contributed by atoms with Gasteiger partial charge in [-0.15, -0.1) is 0 Å². The van der Waals surface area contributed by atoms with Crippen LogP contribution >= 0.6 is 0 Å². The fourth-order valence-electron chi connectivity index (χ4n) is 1.87. The average Bonchev–Trinajstić information content (AvgIpc) is 2.85. The fraction of sp³-hybridized carbons (Fsp3) is 0.800. The topological polar surface area (TPSA) is 76.8 Å². The zero-order valence-corrected chi connectivity index (χ0v) is 9.07. The zero-order valence-electron chi connectivity index (χ0n) is 9.07. The van der Waals surface area contributed by atoms with Crippen LogP contribution in [0.5, 0.6) is 0 Å². The summed E-state index contributed by atoms with van der Waals surface area (Å²) in [6, 6.07) is 0. The summed E-state index contributed by atoms with van der Waals surface area (Å²) in [5, 5.41) is 7.13. The van der Waals surface area contributed by atoms with Crippen molar-refractivity contribution in [2.45, 2.75) is 44.8 Å². The van der Waals surface area contributed by atoms with Gasteiger partial charge in [-0.2, -0.15) is 5.10 Å². The maximum absolute atomic E-state index is 5.72. The summed E-state index contributed by atoms with van der Waals surface area (Å²) in [5.74, 6) is 1.74. The normalized spacial score (nSPS) is 26.0. The van der Waals surface area contributed by atoms with Gasteiger partial charge >= 0.3 is 0 Å². The van der Waals surface area contributed by atoms with E-state index in [4.69, 9.17) is 10.5 Å². The monoisotopic (exact) mass is 210 g/mol. The summed E-state index contributed by atoms with van der Waals surface area (Å²) < 4.78 is 5.72. The van der Waals surface area contributed by atoms with Crippen LogP contribution in [0.1, 0.15) is 43.9 Å². The summed E-state index contributed by atoms with van der Waals surface area (Å²) in [7, 11) is 0. The van der Waals surface area contributed by atoms with Crippen molar-refractivity contribution >= 4 is 0 Å². The first-order valence-electron chi connectivity index (χ1n) is 5.60. The van der Waals surface area contributed by atoms with E-state index in [2.05, 4.69) is 22.1 Å². The van der Waals surface area contributed by atoms with Gasteiger partial charge in [-0.1, -0.05) is 6.92 Å². The maximum Gasteiger partial charge on any atom is 0.179 e. The molecule has 5 heteroatoms. The molecule has 0 saturated carbocycles. The van der Waals surface area contributed by atoms with Crippen molar-refractivity contribution in [3.8, 4) is 0 Å². The minimum atomic E-state index is 0.0420. The van der Waals surface area contributed by atoms with Gasteiger partial charge in [0.25, 0.3) is 0 Å². The van der Waals surface area contributed by atoms with Crippen LogP contribution in [-0.4, -0.2) is 27.8 Å². The van der Waals surface area contributed by atoms with Crippen LogP contribution in [0.4, 0.5) is 0 Å². The molecule has 1 aromatic heterocycles. The van der Waals surface area contributed by atoms with Crippen LogP contribution in [0, 0.1) is 0 Å². The van der Waals surface area contributed by atoms with Gasteiger partial charge < -0.3 is 10.5 Å². The number of rotatable bonds is 4. The third-order valence-electron chi connectivity index (χ3n) is 2.69. The molecule has 0 aliphatic carbocycles. The number of nitrogens with two attached hydrogens (primary N) is 1. The predicted octanol–water partition coefficient (Wildman–Crippen LogP) is 0.936. The van der Waals surface area contributed by atoms with Gasteiger partial charge in [0.05, 0.1) is 6.10 Å². The number of aromatic nitrogens is 3. The summed E-state index contributed by atoms with van der Waals surface area (Å²) in [5.41, 5.74) is 5.55. The predicted molar refractivity (Wildman–Crippen MR) is 56.3 cm³/mol. The highest BCUT2D eigenvalue weighted by molar-refractivity contribution is 4.97. The van der Waals surface area contributed by atoms with Crippen LogP contribution in [0.15, 0.2) is 0 Å². The smallest absolute Gasteiger partial charge is 0.179 e. The first-order chi connectivity index (χ1) is 7.33. The fourth-order valence-corrected chi connectivity index (χ4v) is 1.87. The number of ether oxygens (including phenoxy) is 1. The van der Waals surface area contributed by atoms with Crippen LogP contribution < -0.4 is 5.73 Å². The quantitative estimate of drug-likeness (QED) is 0.775. The summed E-state index contributed by atoms with van der Waals surface area (Å²) in [6.07, 6.45) is 4.24. The molecule has 1 aromatic rings. The van der Waals surface area contributed by atoms with Crippen molar-refractivity contribution in [3.63, 3.8) is 0 Å². The van der Waals surface area contributed by atoms with Crippen LogP contribution in [0.2, 0.25) is 0 Å². The van der Waals surface area contributed by atoms with Crippen molar-refractivity contribution in [2.75, 3.05) is 6.54 Å². The van der Waals surface area contributed by atoms with E-state index in [-0.39, 0.29) is 12.2 Å². The van der Waals surface area contributed by atoms with E-state index in [1.165, 1.54) is 0 Å². The largest absolute Gasteiger partial charge is 0.366 e. The second kappa shape index (κ2) is 4.72. The molecule has 1 aliphatic heterocycles. The molecule has 0 amide bonds. The zero-order chi connectivity index (χ0) is 10.7. The molecule has 1 saturated heterocycles. The van der Waals surface area contributed by atoms with E-state index in [9.17, 15) is 0 Å². The minimum Gasteiger partial charge on any atom is -0.366 e. The number of hydrogen-bond acceptors (Lipinski definition) is 4. The average molecular weight is 210 g/mol. The molecule has 0 bridgehead atoms. The number of aromatic amines is 1. The van der Waals surface area contributed by atoms with E-state index < -0.39 is 0 Å². The lowest BCUT2D eigenvalue weighted by atomic mass is 10.2. The SMILES string of the molecule is CCCc1nc(C2CCC(CN)O2)n[nH]1. The molecule has 2 rings (SSSR count). The van der Waals surface area contributed by atoms with Crippen molar-refractivity contribution in [1.29, 1.82) is 0 Å². The number of nitrogens with one attached hydrogen (secondary N) is 1. The van der Waals surface area contributed by atoms with Crippen molar-refractivity contribution < 1.29 is 4.74 Å². The van der Waals surface area contributed by atoms with Gasteiger partial charge in [-0.05, 0) is 19.3 Å². The lowest BCUT2D eigenvalue weighted by molar-refractivity contribution is 0.0449. The molecule has 5 nitrogen and oxygen atoms in total. The highest BCUT2D eigenvalue weighted by Gasteiger charge is 2.28. The Morgan fingerprint density at radius 3 is 3.07 bits per heavy atom. The van der Waals surface area contributed by atoms with Crippen molar-refractivity contribution in [2.24, 2.45) is 5.73 Å². The molecule has 84 valence electrons. The van der Waals surface area contributed by atoms with Gasteiger partial charge in [0.15, 0.2) is 5.82 Å². The van der Waals surface area contributed by atoms with Gasteiger partial charge in [-0.3, -0.25) is 5.10 Å². The van der Waals surface area contributed by atoms with Crippen molar-refractivity contribution in [1.82, 2.24) is 15.2 Å². The second-order valence-electron chi connectivity index (χ2n) is 3.95. The molecule has 0 spiro atoms. The molecule has 3 N–H and O–H groups in total. The standard InChI is InChI=1S/C10H18N4O/c1-2-3-9-12-10(14-13-9)8-5-4-7(6-11)15-8/h7-8H,2-6,11H2,1H3,(H,12,13,14). The Morgan fingerprint density at radius 1 is 1.53 bits per heavy atom. The lowest BCUT2D eigenvalue weighted by Gasteiger charge is -2.08. The Labute approximate surface area is 89.4 Å². The van der Waals surface area contributed by atoms with E-state index in [0.717, 1.165) is 37.3 Å². The summed E-state index contributed by atoms with van der Waals surface area (Å²) >= 11 is 0. The van der Waals surface area contributed by atoms with Gasteiger partial charge in [0, 0.05) is 13.0 Å². The Balaban J connectivity index is 1.97. The molecule has 2 atom stereocenters. The van der Waals surface area contributed by atoms with Crippen molar-refractivity contribution in [3.05, 3.63) is 11.6 Å². The van der Waals surface area contributed by atoms with Crippen LogP contribution in [0.3, 0.4) is 0 Å². The van der Waals surface area contributed by atoms with Crippen LogP contribution in [-0.2, 0) is 11.2 Å². The first kappa shape index (κ1) is 10.6. The Bertz CT molecular complexity index is 312. The molecule has 2 unspecified atom stereocenters. The molecule has 0 radical (unpaired) electrons. The summed E-state index contributed by atoms with van der Waals surface area (Å²) in [4.78, 5) is 4.42. The maximum atomic E-state index is 5.72. The van der Waals surface area contributed by atoms with E-state index in [0.29, 0.717) is 6.54 Å². The summed E-state index contributed by atoms with van der Waals surface area (Å²) in [6.45, 7) is 2.71. The third-order valence-corrected chi connectivity index (χ3v) is 2.69. The van der Waals surface area contributed by atoms with E-state index >= 15 is 0 Å².